The molecule has 158 valence electrons. The third-order valence-corrected chi connectivity index (χ3v) is 7.99. The van der Waals surface area contributed by atoms with Crippen LogP contribution in [0.25, 0.3) is 0 Å². The topological polar surface area (TPSA) is 76.3 Å². The Morgan fingerprint density at radius 3 is 2.67 bits per heavy atom. The lowest BCUT2D eigenvalue weighted by molar-refractivity contribution is 0.381. The number of benzene rings is 1. The van der Waals surface area contributed by atoms with Crippen molar-refractivity contribution in [2.24, 2.45) is 0 Å². The van der Waals surface area contributed by atoms with E-state index in [0.29, 0.717) is 24.4 Å². The average Bonchev–Trinajstić information content (AvgIpc) is 3.31. The molecule has 1 fully saturated rings. The molecule has 0 amide bonds. The molecular weight excluding hydrogens is 422 g/mol. The molecule has 6 nitrogen and oxygen atoms in total. The maximum Gasteiger partial charge on any atom is 0.249 e. The Hall–Kier alpha value is -2.22. The Morgan fingerprint density at radius 2 is 1.97 bits per heavy atom. The van der Waals surface area contributed by atoms with Crippen molar-refractivity contribution < 1.29 is 12.9 Å². The predicted octanol–water partition coefficient (Wildman–Crippen LogP) is 4.76. The number of aryl methyl sites for hydroxylation is 3. The van der Waals surface area contributed by atoms with Crippen LogP contribution in [-0.2, 0) is 16.4 Å². The van der Waals surface area contributed by atoms with Crippen molar-refractivity contribution in [3.05, 3.63) is 75.4 Å². The molecular formula is C22H24ClN3O3S. The minimum Gasteiger partial charge on any atom is -0.360 e. The fourth-order valence-electron chi connectivity index (χ4n) is 4.19. The zero-order chi connectivity index (χ0) is 21.5. The normalized spacial score (nSPS) is 17.5. The van der Waals surface area contributed by atoms with Gasteiger partial charge in [-0.05, 0) is 69.4 Å². The van der Waals surface area contributed by atoms with Gasteiger partial charge in [-0.25, -0.2) is 8.42 Å². The molecule has 0 spiro atoms. The van der Waals surface area contributed by atoms with Gasteiger partial charge in [-0.1, -0.05) is 35.0 Å². The first-order valence-electron chi connectivity index (χ1n) is 9.93. The summed E-state index contributed by atoms with van der Waals surface area (Å²) in [6, 6.07) is 11.5. The summed E-state index contributed by atoms with van der Waals surface area (Å²) in [7, 11) is -3.73. The maximum atomic E-state index is 13.4. The fraction of sp³-hybridized carbons (Fsp3) is 0.364. The zero-order valence-electron chi connectivity index (χ0n) is 17.2. The molecule has 1 saturated heterocycles. The number of sulfonamides is 1. The van der Waals surface area contributed by atoms with E-state index in [1.807, 2.05) is 43.3 Å². The van der Waals surface area contributed by atoms with Crippen LogP contribution in [0.1, 0.15) is 52.9 Å². The molecule has 0 N–H and O–H groups in total. The molecule has 8 heteroatoms. The van der Waals surface area contributed by atoms with Crippen LogP contribution in [0.4, 0.5) is 0 Å². The van der Waals surface area contributed by atoms with Crippen LogP contribution < -0.4 is 0 Å². The van der Waals surface area contributed by atoms with Crippen LogP contribution in [0, 0.1) is 20.8 Å². The third kappa shape index (κ3) is 3.89. The summed E-state index contributed by atoms with van der Waals surface area (Å²) in [5, 5.41) is 4.55. The van der Waals surface area contributed by atoms with E-state index in [-0.39, 0.29) is 10.9 Å². The summed E-state index contributed by atoms with van der Waals surface area (Å²) >= 11 is 6.33. The Bertz CT molecular complexity index is 1170. The van der Waals surface area contributed by atoms with Crippen LogP contribution >= 0.6 is 11.6 Å². The van der Waals surface area contributed by atoms with Gasteiger partial charge in [-0.15, -0.1) is 0 Å². The molecule has 1 aliphatic heterocycles. The van der Waals surface area contributed by atoms with Gasteiger partial charge in [0.15, 0.2) is 5.76 Å². The smallest absolute Gasteiger partial charge is 0.249 e. The van der Waals surface area contributed by atoms with Crippen molar-refractivity contribution in [2.75, 3.05) is 6.54 Å². The highest BCUT2D eigenvalue weighted by Gasteiger charge is 2.40. The summed E-state index contributed by atoms with van der Waals surface area (Å²) < 4.78 is 33.5. The molecule has 0 saturated carbocycles. The van der Waals surface area contributed by atoms with Crippen molar-refractivity contribution in [3.63, 3.8) is 0 Å². The molecule has 2 aromatic heterocycles. The molecule has 1 aliphatic rings. The summed E-state index contributed by atoms with van der Waals surface area (Å²) in [6.07, 6.45) is 2.17. The Balaban J connectivity index is 1.70. The van der Waals surface area contributed by atoms with Gasteiger partial charge in [-0.2, -0.15) is 4.31 Å². The van der Waals surface area contributed by atoms with E-state index in [2.05, 4.69) is 5.16 Å². The second-order valence-electron chi connectivity index (χ2n) is 7.74. The van der Waals surface area contributed by atoms with Gasteiger partial charge in [0.25, 0.3) is 0 Å². The van der Waals surface area contributed by atoms with Crippen molar-refractivity contribution in [1.82, 2.24) is 14.4 Å². The number of pyridine rings is 1. The minimum absolute atomic E-state index is 0.165. The van der Waals surface area contributed by atoms with Crippen LogP contribution in [0.2, 0.25) is 5.02 Å². The fourth-order valence-corrected chi connectivity index (χ4v) is 6.35. The highest BCUT2D eigenvalue weighted by Crippen LogP contribution is 2.38. The van der Waals surface area contributed by atoms with Crippen molar-refractivity contribution >= 4 is 21.6 Å². The van der Waals surface area contributed by atoms with E-state index in [1.54, 1.807) is 18.2 Å². The molecule has 30 heavy (non-hydrogen) atoms. The van der Waals surface area contributed by atoms with Crippen LogP contribution in [0.3, 0.4) is 0 Å². The van der Waals surface area contributed by atoms with E-state index < -0.39 is 10.0 Å². The Labute approximate surface area is 181 Å². The standard InChI is InChI=1S/C22H24ClN3O3S/c1-14-11-17(12-18-7-4-5-8-19(18)23)13-20(24-14)21-9-6-10-26(21)30(27,28)22-15(2)25-29-16(22)3/h4-5,7-8,11,13,21H,6,9-10,12H2,1-3H3. The number of aromatic nitrogens is 2. The van der Waals surface area contributed by atoms with Crippen LogP contribution in [-0.4, -0.2) is 29.4 Å². The van der Waals surface area contributed by atoms with Gasteiger partial charge in [0.05, 0.1) is 11.7 Å². The number of hydrogen-bond donors (Lipinski definition) is 0. The first-order valence-corrected chi connectivity index (χ1v) is 11.7. The second-order valence-corrected chi connectivity index (χ2v) is 9.97. The summed E-state index contributed by atoms with van der Waals surface area (Å²) in [4.78, 5) is 4.86. The highest BCUT2D eigenvalue weighted by molar-refractivity contribution is 7.89. The first kappa shape index (κ1) is 21.0. The van der Waals surface area contributed by atoms with Crippen molar-refractivity contribution in [1.29, 1.82) is 0 Å². The summed E-state index contributed by atoms with van der Waals surface area (Å²) in [6.45, 7) is 5.67. The number of nitrogens with zero attached hydrogens (tertiary/aromatic N) is 3. The minimum atomic E-state index is -3.73. The van der Waals surface area contributed by atoms with Crippen molar-refractivity contribution in [3.8, 4) is 0 Å². The van der Waals surface area contributed by atoms with Gasteiger partial charge < -0.3 is 4.52 Å². The molecule has 0 radical (unpaired) electrons. The first-order chi connectivity index (χ1) is 14.3. The van der Waals surface area contributed by atoms with E-state index in [0.717, 1.165) is 40.4 Å². The van der Waals surface area contributed by atoms with Gasteiger partial charge in [-0.3, -0.25) is 4.98 Å². The van der Waals surface area contributed by atoms with Crippen molar-refractivity contribution in [2.45, 2.75) is 51.0 Å². The van der Waals surface area contributed by atoms with Gasteiger partial charge in [0, 0.05) is 17.3 Å². The third-order valence-electron chi connectivity index (χ3n) is 5.47. The SMILES string of the molecule is Cc1cc(Cc2ccccc2Cl)cc(C2CCCN2S(=O)(=O)c2c(C)noc2C)n1. The quantitative estimate of drug-likeness (QED) is 0.565. The lowest BCUT2D eigenvalue weighted by Gasteiger charge is -2.24. The largest absolute Gasteiger partial charge is 0.360 e. The van der Waals surface area contributed by atoms with E-state index in [4.69, 9.17) is 21.1 Å². The second kappa shape index (κ2) is 8.13. The summed E-state index contributed by atoms with van der Waals surface area (Å²) in [5.74, 6) is 0.315. The summed E-state index contributed by atoms with van der Waals surface area (Å²) in [5.41, 5.74) is 4.10. The predicted molar refractivity (Wildman–Crippen MR) is 115 cm³/mol. The lowest BCUT2D eigenvalue weighted by atomic mass is 10.0. The van der Waals surface area contributed by atoms with Crippen LogP contribution in [0.5, 0.6) is 0 Å². The van der Waals surface area contributed by atoms with E-state index in [9.17, 15) is 8.42 Å². The highest BCUT2D eigenvalue weighted by atomic mass is 35.5. The molecule has 0 aliphatic carbocycles. The zero-order valence-corrected chi connectivity index (χ0v) is 18.8. The van der Waals surface area contributed by atoms with E-state index >= 15 is 0 Å². The molecule has 3 heterocycles. The Kier molecular flexibility index (Phi) is 5.70. The molecule has 4 rings (SSSR count). The molecule has 0 bridgehead atoms. The monoisotopic (exact) mass is 445 g/mol. The molecule has 3 aromatic rings. The lowest BCUT2D eigenvalue weighted by Crippen LogP contribution is -2.32. The molecule has 1 atom stereocenters. The molecule has 1 unspecified atom stereocenters. The van der Waals surface area contributed by atoms with Gasteiger partial charge in [0.1, 0.15) is 10.6 Å². The Morgan fingerprint density at radius 1 is 1.20 bits per heavy atom. The number of halogens is 1. The molecule has 1 aromatic carbocycles. The average molecular weight is 446 g/mol. The number of rotatable bonds is 5. The maximum absolute atomic E-state index is 13.4. The van der Waals surface area contributed by atoms with Gasteiger partial charge in [0.2, 0.25) is 10.0 Å². The van der Waals surface area contributed by atoms with Gasteiger partial charge >= 0.3 is 0 Å². The number of hydrogen-bond acceptors (Lipinski definition) is 5. The van der Waals surface area contributed by atoms with Crippen LogP contribution in [0.15, 0.2) is 45.8 Å². The van der Waals surface area contributed by atoms with E-state index in [1.165, 1.54) is 0 Å².